The van der Waals surface area contributed by atoms with Gasteiger partial charge in [0.2, 0.25) is 0 Å². The number of carbonyl (C=O) groups is 1. The van der Waals surface area contributed by atoms with E-state index in [4.69, 9.17) is 11.6 Å². The van der Waals surface area contributed by atoms with Crippen molar-refractivity contribution in [3.05, 3.63) is 23.2 Å². The van der Waals surface area contributed by atoms with Gasteiger partial charge in [0, 0.05) is 11.6 Å². The Bertz CT molecular complexity index is 555. The summed E-state index contributed by atoms with van der Waals surface area (Å²) < 4.78 is 0.964. The number of carbonyl (C=O) groups excluding carboxylic acids is 1. The van der Waals surface area contributed by atoms with Crippen LogP contribution in [0.1, 0.15) is 19.8 Å². The molecule has 2 N–H and O–H groups in total. The lowest BCUT2D eigenvalue weighted by molar-refractivity contribution is 0.252. The Labute approximate surface area is 114 Å². The summed E-state index contributed by atoms with van der Waals surface area (Å²) in [6, 6.07) is 5.26. The maximum atomic E-state index is 11.5. The molecule has 0 aliphatic rings. The smallest absolute Gasteiger partial charge is 0.321 e. The number of thiazole rings is 1. The summed E-state index contributed by atoms with van der Waals surface area (Å²) in [5, 5.41) is 6.76. The summed E-state index contributed by atoms with van der Waals surface area (Å²) >= 11 is 7.31. The topological polar surface area (TPSA) is 54.0 Å². The van der Waals surface area contributed by atoms with E-state index >= 15 is 0 Å². The fourth-order valence-corrected chi connectivity index (χ4v) is 2.61. The first-order chi connectivity index (χ1) is 8.69. The van der Waals surface area contributed by atoms with Crippen LogP contribution in [0.25, 0.3) is 10.2 Å². The Morgan fingerprint density at radius 1 is 1.50 bits per heavy atom. The van der Waals surface area contributed by atoms with Gasteiger partial charge in [-0.15, -0.1) is 0 Å². The first-order valence-electron chi connectivity index (χ1n) is 5.80. The molecule has 0 atom stereocenters. The van der Waals surface area contributed by atoms with E-state index in [1.54, 1.807) is 6.07 Å². The second-order valence-electron chi connectivity index (χ2n) is 3.87. The van der Waals surface area contributed by atoms with Crippen LogP contribution in [0, 0.1) is 0 Å². The Morgan fingerprint density at radius 3 is 3.11 bits per heavy atom. The van der Waals surface area contributed by atoms with Crippen molar-refractivity contribution in [2.24, 2.45) is 0 Å². The fraction of sp³-hybridized carbons (Fsp3) is 0.333. The SMILES string of the molecule is CCCCNC(=O)Nc1nc2ccc(Cl)cc2s1. The molecule has 2 rings (SSSR count). The molecule has 0 bridgehead atoms. The Balaban J connectivity index is 2.01. The molecule has 1 heterocycles. The molecule has 2 aromatic rings. The van der Waals surface area contributed by atoms with E-state index in [-0.39, 0.29) is 6.03 Å². The molecule has 96 valence electrons. The van der Waals surface area contributed by atoms with Crippen molar-refractivity contribution in [2.75, 3.05) is 11.9 Å². The Hall–Kier alpha value is -1.33. The van der Waals surface area contributed by atoms with Crippen LogP contribution in [0.5, 0.6) is 0 Å². The zero-order valence-corrected chi connectivity index (χ0v) is 11.6. The quantitative estimate of drug-likeness (QED) is 0.837. The molecule has 4 nitrogen and oxygen atoms in total. The van der Waals surface area contributed by atoms with Crippen LogP contribution in [-0.2, 0) is 0 Å². The summed E-state index contributed by atoms with van der Waals surface area (Å²) in [5.74, 6) is 0. The number of nitrogens with zero attached hydrogens (tertiary/aromatic N) is 1. The number of hydrogen-bond acceptors (Lipinski definition) is 3. The van der Waals surface area contributed by atoms with E-state index in [1.165, 1.54) is 11.3 Å². The van der Waals surface area contributed by atoms with Crippen molar-refractivity contribution in [3.8, 4) is 0 Å². The van der Waals surface area contributed by atoms with Gasteiger partial charge in [-0.3, -0.25) is 5.32 Å². The largest absolute Gasteiger partial charge is 0.338 e. The van der Waals surface area contributed by atoms with Crippen molar-refractivity contribution in [1.82, 2.24) is 10.3 Å². The number of urea groups is 1. The van der Waals surface area contributed by atoms with Crippen LogP contribution in [0.2, 0.25) is 5.02 Å². The Kier molecular flexibility index (Phi) is 4.38. The number of benzene rings is 1. The molecule has 0 saturated carbocycles. The average Bonchev–Trinajstić information content (AvgIpc) is 2.70. The summed E-state index contributed by atoms with van der Waals surface area (Å²) in [4.78, 5) is 15.9. The van der Waals surface area contributed by atoms with Gasteiger partial charge in [-0.1, -0.05) is 36.3 Å². The van der Waals surface area contributed by atoms with Gasteiger partial charge >= 0.3 is 6.03 Å². The number of unbranched alkanes of at least 4 members (excludes halogenated alkanes) is 1. The van der Waals surface area contributed by atoms with Gasteiger partial charge in [0.15, 0.2) is 5.13 Å². The first-order valence-corrected chi connectivity index (χ1v) is 6.99. The lowest BCUT2D eigenvalue weighted by atomic mass is 10.3. The first kappa shape index (κ1) is 13.1. The number of amides is 2. The van der Waals surface area contributed by atoms with Crippen LogP contribution in [0.4, 0.5) is 9.93 Å². The van der Waals surface area contributed by atoms with Crippen molar-refractivity contribution in [1.29, 1.82) is 0 Å². The number of aromatic nitrogens is 1. The van der Waals surface area contributed by atoms with E-state index in [9.17, 15) is 4.79 Å². The zero-order chi connectivity index (χ0) is 13.0. The molecule has 0 unspecified atom stereocenters. The number of fused-ring (bicyclic) bond motifs is 1. The molecular weight excluding hydrogens is 270 g/mol. The standard InChI is InChI=1S/C12H14ClN3OS/c1-2-3-6-14-11(17)16-12-15-9-5-4-8(13)7-10(9)18-12/h4-5,7H,2-3,6H2,1H3,(H2,14,15,16,17). The normalized spacial score (nSPS) is 10.6. The van der Waals surface area contributed by atoms with Crippen LogP contribution >= 0.6 is 22.9 Å². The summed E-state index contributed by atoms with van der Waals surface area (Å²) in [5.41, 5.74) is 0.841. The molecule has 0 saturated heterocycles. The number of rotatable bonds is 4. The van der Waals surface area contributed by atoms with E-state index in [2.05, 4.69) is 22.5 Å². The average molecular weight is 284 g/mol. The van der Waals surface area contributed by atoms with Crippen LogP contribution in [0.15, 0.2) is 18.2 Å². The highest BCUT2D eigenvalue weighted by Crippen LogP contribution is 2.28. The molecule has 0 aliphatic heterocycles. The van der Waals surface area contributed by atoms with Crippen LogP contribution < -0.4 is 10.6 Å². The fourth-order valence-electron chi connectivity index (χ4n) is 1.47. The van der Waals surface area contributed by atoms with Gasteiger partial charge in [0.25, 0.3) is 0 Å². The molecule has 1 aromatic heterocycles. The number of nitrogens with one attached hydrogen (secondary N) is 2. The summed E-state index contributed by atoms with van der Waals surface area (Å²) in [6.07, 6.45) is 2.03. The van der Waals surface area contributed by atoms with Gasteiger partial charge < -0.3 is 5.32 Å². The second kappa shape index (κ2) is 6.02. The van der Waals surface area contributed by atoms with Gasteiger partial charge in [0.1, 0.15) is 0 Å². The summed E-state index contributed by atoms with van der Waals surface area (Å²) in [6.45, 7) is 2.76. The highest BCUT2D eigenvalue weighted by molar-refractivity contribution is 7.22. The number of hydrogen-bond donors (Lipinski definition) is 2. The van der Waals surface area contributed by atoms with Crippen molar-refractivity contribution in [3.63, 3.8) is 0 Å². The minimum absolute atomic E-state index is 0.214. The van der Waals surface area contributed by atoms with Gasteiger partial charge in [-0.2, -0.15) is 0 Å². The van der Waals surface area contributed by atoms with Gasteiger partial charge in [0.05, 0.1) is 10.2 Å². The molecule has 1 aromatic carbocycles. The van der Waals surface area contributed by atoms with E-state index in [0.29, 0.717) is 16.7 Å². The maximum Gasteiger partial charge on any atom is 0.321 e. The van der Waals surface area contributed by atoms with E-state index < -0.39 is 0 Å². The minimum atomic E-state index is -0.214. The van der Waals surface area contributed by atoms with Crippen molar-refractivity contribution < 1.29 is 4.79 Å². The third-order valence-electron chi connectivity index (χ3n) is 2.39. The molecule has 2 amide bonds. The molecule has 18 heavy (non-hydrogen) atoms. The van der Waals surface area contributed by atoms with Crippen molar-refractivity contribution in [2.45, 2.75) is 19.8 Å². The number of anilines is 1. The third-order valence-corrected chi connectivity index (χ3v) is 3.56. The highest BCUT2D eigenvalue weighted by Gasteiger charge is 2.07. The maximum absolute atomic E-state index is 11.5. The number of halogens is 1. The third kappa shape index (κ3) is 3.34. The second-order valence-corrected chi connectivity index (χ2v) is 5.33. The monoisotopic (exact) mass is 283 g/mol. The van der Waals surface area contributed by atoms with Gasteiger partial charge in [-0.25, -0.2) is 9.78 Å². The lowest BCUT2D eigenvalue weighted by Crippen LogP contribution is -2.29. The molecule has 0 spiro atoms. The molecule has 0 radical (unpaired) electrons. The molecular formula is C12H14ClN3OS. The summed E-state index contributed by atoms with van der Waals surface area (Å²) in [7, 11) is 0. The Morgan fingerprint density at radius 2 is 2.33 bits per heavy atom. The van der Waals surface area contributed by atoms with E-state index in [1.807, 2.05) is 12.1 Å². The molecule has 6 heteroatoms. The van der Waals surface area contributed by atoms with Crippen LogP contribution in [-0.4, -0.2) is 17.6 Å². The lowest BCUT2D eigenvalue weighted by Gasteiger charge is -2.03. The predicted octanol–water partition coefficient (Wildman–Crippen LogP) is 3.87. The zero-order valence-electron chi connectivity index (χ0n) is 10.00. The van der Waals surface area contributed by atoms with E-state index in [0.717, 1.165) is 23.1 Å². The minimum Gasteiger partial charge on any atom is -0.338 e. The van der Waals surface area contributed by atoms with Crippen molar-refractivity contribution >= 4 is 44.3 Å². The predicted molar refractivity (Wildman–Crippen MR) is 76.6 cm³/mol. The highest BCUT2D eigenvalue weighted by atomic mass is 35.5. The van der Waals surface area contributed by atoms with Gasteiger partial charge in [-0.05, 0) is 24.6 Å². The molecule has 0 aliphatic carbocycles. The molecule has 0 fully saturated rings. The van der Waals surface area contributed by atoms with Crippen LogP contribution in [0.3, 0.4) is 0 Å².